The van der Waals surface area contributed by atoms with Gasteiger partial charge < -0.3 is 15.5 Å². The van der Waals surface area contributed by atoms with Crippen molar-refractivity contribution in [3.63, 3.8) is 0 Å². The van der Waals surface area contributed by atoms with Crippen LogP contribution in [0, 0.1) is 5.41 Å². The highest BCUT2D eigenvalue weighted by atomic mass is 16.4. The number of Topliss-reactive ketones (excluding diaryl/α,β-unsaturated/α-hetero) is 2. The minimum absolute atomic E-state index is 0.0498. The minimum Gasteiger partial charge on any atom is -0.872 e. The second-order valence-electron chi connectivity index (χ2n) is 6.43. The lowest BCUT2D eigenvalue weighted by molar-refractivity contribution is -0.296. The van der Waals surface area contributed by atoms with Crippen molar-refractivity contribution in [2.24, 2.45) is 5.41 Å². The molecule has 0 spiro atoms. The number of rotatable bonds is 4. The number of aromatic carboxylic acids is 1. The van der Waals surface area contributed by atoms with Crippen molar-refractivity contribution in [1.82, 2.24) is 0 Å². The summed E-state index contributed by atoms with van der Waals surface area (Å²) < 4.78 is 0. The third-order valence-corrected chi connectivity index (χ3v) is 3.71. The molecule has 1 saturated carbocycles. The summed E-state index contributed by atoms with van der Waals surface area (Å²) in [6, 6.07) is 6.20. The van der Waals surface area contributed by atoms with Crippen molar-refractivity contribution in [2.75, 3.05) is 5.32 Å². The zero-order valence-corrected chi connectivity index (χ0v) is 13.5. The maximum absolute atomic E-state index is 12.1. The van der Waals surface area contributed by atoms with E-state index in [1.807, 2.05) is 13.8 Å². The summed E-state index contributed by atoms with van der Waals surface area (Å²) in [5.41, 5.74) is -0.380. The van der Waals surface area contributed by atoms with Crippen LogP contribution in [0.5, 0.6) is 0 Å². The van der Waals surface area contributed by atoms with Crippen LogP contribution in [-0.4, -0.2) is 22.6 Å². The fraction of sp³-hybridized carbons (Fsp3) is 0.278. The van der Waals surface area contributed by atoms with Gasteiger partial charge in [-0.3, -0.25) is 9.59 Å². The van der Waals surface area contributed by atoms with Crippen LogP contribution in [0.4, 0.5) is 5.69 Å². The number of para-hydroxylation sites is 1. The SMILES string of the molecule is CC1(C)CC(=O)C(=C([O-])/C=C/Nc2ccccc2C(=O)O)C(=O)C1. The topological polar surface area (TPSA) is 107 Å². The van der Waals surface area contributed by atoms with Crippen LogP contribution in [0.1, 0.15) is 37.0 Å². The van der Waals surface area contributed by atoms with Gasteiger partial charge >= 0.3 is 5.97 Å². The molecule has 0 radical (unpaired) electrons. The Morgan fingerprint density at radius 2 is 1.79 bits per heavy atom. The number of benzene rings is 1. The Labute approximate surface area is 139 Å². The highest BCUT2D eigenvalue weighted by molar-refractivity contribution is 6.22. The van der Waals surface area contributed by atoms with Crippen LogP contribution in [0.2, 0.25) is 0 Å². The molecule has 0 aliphatic heterocycles. The molecule has 1 fully saturated rings. The molecule has 6 heteroatoms. The Balaban J connectivity index is 2.19. The molecule has 6 nitrogen and oxygen atoms in total. The number of carbonyl (C=O) groups is 3. The predicted molar refractivity (Wildman–Crippen MR) is 86.2 cm³/mol. The monoisotopic (exact) mass is 328 g/mol. The molecule has 126 valence electrons. The average Bonchev–Trinajstić information content (AvgIpc) is 2.45. The van der Waals surface area contributed by atoms with Gasteiger partial charge in [-0.2, -0.15) is 0 Å². The average molecular weight is 328 g/mol. The number of nitrogens with one attached hydrogen (secondary N) is 1. The summed E-state index contributed by atoms with van der Waals surface area (Å²) in [5.74, 6) is -2.67. The largest absolute Gasteiger partial charge is 0.872 e. The zero-order chi connectivity index (χ0) is 17.9. The molecule has 1 aromatic rings. The van der Waals surface area contributed by atoms with Crippen LogP contribution < -0.4 is 10.4 Å². The van der Waals surface area contributed by atoms with Gasteiger partial charge in [-0.05, 0) is 17.5 Å². The number of hydrogen-bond acceptors (Lipinski definition) is 5. The van der Waals surface area contributed by atoms with Crippen LogP contribution in [0.25, 0.3) is 0 Å². The van der Waals surface area contributed by atoms with Crippen molar-refractivity contribution in [1.29, 1.82) is 0 Å². The summed E-state index contributed by atoms with van der Waals surface area (Å²) in [4.78, 5) is 35.1. The van der Waals surface area contributed by atoms with E-state index in [-0.39, 0.29) is 24.0 Å². The Hall–Kier alpha value is -2.89. The van der Waals surface area contributed by atoms with Crippen LogP contribution in [-0.2, 0) is 9.59 Å². The Kier molecular flexibility index (Phi) is 4.87. The standard InChI is InChI=1S/C18H19NO5/c1-18(2)9-14(21)16(15(22)10-18)13(20)7-8-19-12-6-4-3-5-11(12)17(23)24/h3-8,19-20H,9-10H2,1-2H3,(H,23,24)/p-1/b8-7+. The van der Waals surface area contributed by atoms with E-state index in [4.69, 9.17) is 5.11 Å². The number of ketones is 2. The summed E-state index contributed by atoms with van der Waals surface area (Å²) in [6.45, 7) is 3.62. The molecular weight excluding hydrogens is 310 g/mol. The molecule has 1 aromatic carbocycles. The van der Waals surface area contributed by atoms with Crippen LogP contribution in [0.3, 0.4) is 0 Å². The first-order valence-electron chi connectivity index (χ1n) is 7.44. The quantitative estimate of drug-likeness (QED) is 0.496. The highest BCUT2D eigenvalue weighted by Gasteiger charge is 2.35. The van der Waals surface area contributed by atoms with E-state index in [1.165, 1.54) is 12.3 Å². The molecule has 0 atom stereocenters. The Morgan fingerprint density at radius 3 is 2.38 bits per heavy atom. The first-order valence-corrected chi connectivity index (χ1v) is 7.44. The maximum Gasteiger partial charge on any atom is 0.337 e. The van der Waals surface area contributed by atoms with Gasteiger partial charge in [0.05, 0.1) is 16.8 Å². The van der Waals surface area contributed by atoms with Gasteiger partial charge in [0.2, 0.25) is 0 Å². The molecule has 2 rings (SSSR count). The first-order chi connectivity index (χ1) is 11.2. The highest BCUT2D eigenvalue weighted by Crippen LogP contribution is 2.34. The third kappa shape index (κ3) is 3.90. The predicted octanol–water partition coefficient (Wildman–Crippen LogP) is 1.88. The van der Waals surface area contributed by atoms with E-state index >= 15 is 0 Å². The van der Waals surface area contributed by atoms with Crippen LogP contribution >= 0.6 is 0 Å². The lowest BCUT2D eigenvalue weighted by Crippen LogP contribution is -2.33. The van der Waals surface area contributed by atoms with Crippen molar-refractivity contribution >= 4 is 23.2 Å². The van der Waals surface area contributed by atoms with Crippen molar-refractivity contribution in [3.05, 3.63) is 53.4 Å². The molecule has 0 amide bonds. The van der Waals surface area contributed by atoms with Gasteiger partial charge in [0.25, 0.3) is 0 Å². The van der Waals surface area contributed by atoms with E-state index in [2.05, 4.69) is 5.32 Å². The van der Waals surface area contributed by atoms with Crippen molar-refractivity contribution in [3.8, 4) is 0 Å². The summed E-state index contributed by atoms with van der Waals surface area (Å²) in [6.07, 6.45) is 2.62. The Bertz CT molecular complexity index is 736. The van der Waals surface area contributed by atoms with Gasteiger partial charge in [0.1, 0.15) is 0 Å². The first kappa shape index (κ1) is 17.5. The lowest BCUT2D eigenvalue weighted by Gasteiger charge is -2.30. The molecule has 2 N–H and O–H groups in total. The molecule has 1 aliphatic carbocycles. The second-order valence-corrected chi connectivity index (χ2v) is 6.43. The van der Waals surface area contributed by atoms with Crippen molar-refractivity contribution < 1.29 is 24.6 Å². The molecular formula is C18H18NO5-. The van der Waals surface area contributed by atoms with Crippen molar-refractivity contribution in [2.45, 2.75) is 26.7 Å². The van der Waals surface area contributed by atoms with E-state index in [9.17, 15) is 19.5 Å². The fourth-order valence-electron chi connectivity index (χ4n) is 2.62. The number of allylic oxidation sites excluding steroid dienone is 2. The molecule has 0 heterocycles. The number of carboxylic acid groups (broad SMARTS) is 1. The van der Waals surface area contributed by atoms with E-state index in [0.29, 0.717) is 5.69 Å². The van der Waals surface area contributed by atoms with Gasteiger partial charge in [-0.1, -0.05) is 37.8 Å². The van der Waals surface area contributed by atoms with Gasteiger partial charge in [-0.15, -0.1) is 0 Å². The number of anilines is 1. The number of carbonyl (C=O) groups excluding carboxylic acids is 2. The molecule has 0 aromatic heterocycles. The van der Waals surface area contributed by atoms with Gasteiger partial charge in [0.15, 0.2) is 11.6 Å². The molecule has 0 unspecified atom stereocenters. The van der Waals surface area contributed by atoms with Gasteiger partial charge in [-0.25, -0.2) is 4.79 Å². The molecule has 24 heavy (non-hydrogen) atoms. The number of carboxylic acids is 1. The van der Waals surface area contributed by atoms with Gasteiger partial charge in [0, 0.05) is 19.0 Å². The van der Waals surface area contributed by atoms with E-state index < -0.39 is 28.7 Å². The maximum atomic E-state index is 12.1. The summed E-state index contributed by atoms with van der Waals surface area (Å²) in [7, 11) is 0. The second kappa shape index (κ2) is 6.70. The summed E-state index contributed by atoms with van der Waals surface area (Å²) in [5, 5.41) is 23.9. The minimum atomic E-state index is -1.10. The number of hydrogen-bond donors (Lipinski definition) is 2. The molecule has 0 bridgehead atoms. The zero-order valence-electron chi connectivity index (χ0n) is 13.5. The van der Waals surface area contributed by atoms with E-state index in [0.717, 1.165) is 6.08 Å². The molecule has 0 saturated heterocycles. The van der Waals surface area contributed by atoms with E-state index in [1.54, 1.807) is 18.2 Å². The third-order valence-electron chi connectivity index (χ3n) is 3.71. The smallest absolute Gasteiger partial charge is 0.337 e. The summed E-state index contributed by atoms with van der Waals surface area (Å²) >= 11 is 0. The Morgan fingerprint density at radius 1 is 1.21 bits per heavy atom. The lowest BCUT2D eigenvalue weighted by atomic mass is 9.74. The molecule has 1 aliphatic rings. The van der Waals surface area contributed by atoms with Crippen LogP contribution in [0.15, 0.2) is 47.9 Å². The fourth-order valence-corrected chi connectivity index (χ4v) is 2.62. The normalized spacial score (nSPS) is 17.2.